The van der Waals surface area contributed by atoms with Gasteiger partial charge in [0.1, 0.15) is 1.19 Å². The van der Waals surface area contributed by atoms with Crippen molar-refractivity contribution in [3.63, 3.8) is 0 Å². The summed E-state index contributed by atoms with van der Waals surface area (Å²) >= 11 is 2.80. The SMILES string of the molecule is C.C.C.C.C.C.C.C.C.C.C.C.C.C.C.C.C.C.C.C.C.C.C.C.C.C.C.C.C.C.C.C.C.C.C.C.[2H-].[2H-].[2H]I.[2H]I.[B][B][B].[HH].[HH].[HH].[HH].[HH].[HH].[HH].[HH].[HH].[HH].[HH].[HH].[HH].[HH].[HH].[HH].[HH].[HH].[HH].[HH].[HH].[HH].[HH].[HH].[HH].[HH].[HH].[HH].[HH].[HH].[HH].[HH].[HH].[HH].[HH].[HH].[HH].[HH].[HH].[HH].[HH].[HH].[HH].[HH].[HH].[HH].[HH].[HH].[HH].[HH].[HH].[HH].[HH].[HH].[HH].[HH].[HH].[HH].[HH].[HH].[HH].[HH].[HH].[HH].[HH].[HH].[HH].[HH].[HH].[HH].[HH].[HH].[HH].[HH].[HH].[HH].[HH].[HH].[HH].[HH].[HH].[HH].[HH].[HH].[HH].[HH].[HH].[HH].[HH].[HH].[HH].[HH].[HH].[HH].[HH].[HH].[HH].[HH].[HH].[HH].[HH].[HH].[HH].[HH].[HH].[HH].[HH].[HH].[HH].[HH].[HH].[HH].[HH].[HH].[HH].[HH].[HH].[HH].[HH].[HH].[HH].[HH].[HH].[HH].[HH].[HH].[HH].[HH].[HH].[HH].[HH].[HH].[HH].[HH].[HH].[HH].[HH].[HH].[HH].[HH].[HH].[K+].[K+]. The molecule has 0 unspecified atom stereocenters. The van der Waals surface area contributed by atoms with E-state index in [4.69, 9.17) is 1.19 Å². The zero-order chi connectivity index (χ0) is 6.71. The third-order valence-corrected chi connectivity index (χ3v) is 0. The van der Waals surface area contributed by atoms with Gasteiger partial charge in [0.25, 0.3) is 0 Å². The number of hydrogen-bond acceptors (Lipinski definition) is 0. The van der Waals surface area contributed by atoms with Crippen LogP contribution in [0.3, 0.4) is 0 Å². The molecule has 0 aliphatic heterocycles. The third kappa shape index (κ3) is 3900. The first kappa shape index (κ1) is 1320. The maximum absolute atomic E-state index is 5.72. The van der Waals surface area contributed by atoms with Crippen molar-refractivity contribution in [1.29, 1.82) is 1.19 Å². The van der Waals surface area contributed by atoms with Gasteiger partial charge in [0.05, 0.1) is 0 Å². The molecule has 0 aromatic heterocycles. The molecule has 0 saturated heterocycles. The fourth-order valence-electron chi connectivity index (χ4n) is 0. The van der Waals surface area contributed by atoms with Gasteiger partial charge in [-0.15, -0.1) is 47.6 Å². The Hall–Kier alpha value is 4.93. The third-order valence-electron chi connectivity index (χ3n) is 0. The van der Waals surface area contributed by atoms with E-state index in [2.05, 4.69) is 15.5 Å². The van der Waals surface area contributed by atoms with Crippen LogP contribution in [0.5, 0.6) is 0 Å². The standard InChI is InChI=1S/36CH4.B3.2HI.2K.141H2.2H/c;;;;;;;;;;;;;;;;;;;;;;;;;;;;;;;;;;;;1-3-2;;;;;;;;;;;;;;;;;;;;;;;;;;;;;;;;;;;;;;;;;;;;;;;;;;;;;;;;;;;;;;;;;;;;;;;;;;;;;;;;;;;;;;;;;;;;;;;;;;;;;;;;;;;;;;;;;;;;;;;;;;;;;;;;;;;;;;;;;;;;;;;;;;;/h36*1H4;;2*1H;;;141*1H;;/q;;;;;;;;;;;;;;;;;;;;;;;;;;;;;;;;;;;;;;;2*+1;;;;;;;;;;;;;;;;;;;;;;;;;;;;;;;;;;;;;;;;;;;;;;;;;;;;;;;;;;;;;;;;;;;;;;;;;;;;;;;;;;;;;;;;;;;;;;;;;;;;;;;;;;;;;;;;;;;;;;;;;;;;;;;;;;;;;;;;;;;;;;2*-1/i;;;;;;;;;;;;;;;;;;;;;;;;;;;;;;;;;;;;;;;;;;;;;;;;;;;;;;;;;;;;;;;;;;;;;;;;;;;;;;;;;;;;;;;;;;;;;;;;;;;;;;;;;;;;;;;;;;;;;;;;;;;;;;;;;;;;;;;;;;;;;;;;;;;;;;;;;;;;;;;;;;;;;;;;;;;;;;;;;;;;;;2*1+1/hD2. The first-order chi connectivity index (χ1) is 3.41. The molecule has 0 aromatic rings. The first-order valence-corrected chi connectivity index (χ1v) is 0.667. The summed E-state index contributed by atoms with van der Waals surface area (Å²) in [6, 6.07) is 0. The number of rotatable bonds is 0. The van der Waals surface area contributed by atoms with Crippen LogP contribution in [0, 0.1) is 0 Å². The molecule has 0 spiro atoms. The Kier molecular flexibility index (Phi) is 86800. The largest absolute Gasteiger partial charge is 1.00 e. The molecule has 0 heterocycles. The topological polar surface area (TPSA) is 0 Å². The average Bonchev–Trinajstić information content (AvgIpc) is 1.78. The van der Waals surface area contributed by atoms with Crippen molar-refractivity contribution in [2.24, 2.45) is 0 Å². The summed E-state index contributed by atoms with van der Waals surface area (Å²) in [5.74, 6) is 0. The summed E-state index contributed by atoms with van der Waals surface area (Å²) in [6.07, 6.45) is 0. The molecule has 0 amide bonds. The van der Waals surface area contributed by atoms with Gasteiger partial charge < -0.3 is 2.85 Å². The van der Waals surface area contributed by atoms with Crippen LogP contribution in [-0.4, -0.2) is 23.7 Å². The number of halogens is 2. The van der Waals surface area contributed by atoms with Crippen molar-refractivity contribution in [2.75, 3.05) is 0 Å². The Morgan fingerprint density at radius 2 is 0.256 bits per heavy atom. The molecule has 0 aliphatic rings. The van der Waals surface area contributed by atoms with Gasteiger partial charge in [0, 0.05) is 224 Å². The van der Waals surface area contributed by atoms with Crippen LogP contribution in [0.2, 0.25) is 0 Å². The normalized spacial score (nSPS) is 0.605. The Morgan fingerprint density at radius 1 is 0.256 bits per heavy atom. The summed E-state index contributed by atoms with van der Waals surface area (Å²) < 4.78 is 11.4. The van der Waals surface area contributed by atoms with E-state index in [1.54, 1.807) is 0 Å². The van der Waals surface area contributed by atoms with Crippen LogP contribution < -0.4 is 103 Å². The first-order valence-electron chi connectivity index (χ1n) is 1.42. The van der Waals surface area contributed by atoms with Gasteiger partial charge in [0.2, 0.25) is 0 Å². The molecule has 599 valence electrons. The molecule has 43 heavy (non-hydrogen) atoms. The van der Waals surface area contributed by atoms with Gasteiger partial charge in [-0.05, 0) is 0 Å². The molecule has 0 bridgehead atoms. The van der Waals surface area contributed by atoms with Crippen molar-refractivity contribution in [3.05, 3.63) is 0 Å². The van der Waals surface area contributed by atoms with Crippen LogP contribution in [0.15, 0.2) is 0 Å². The van der Waals surface area contributed by atoms with Crippen LogP contribution in [0.1, 0.15) is 471 Å². The van der Waals surface area contributed by atoms with Crippen molar-refractivity contribution >= 4 is 70.1 Å². The van der Waals surface area contributed by atoms with E-state index in [9.17, 15) is 0 Å². The molecule has 0 N–H and O–H groups in total. The molecular formula is C36H430B3I2K2. The van der Waals surface area contributed by atoms with Gasteiger partial charge in [-0.3, -0.25) is 0 Å². The molecule has 0 nitrogen and oxygen atoms in total. The monoisotopic (exact) mass is 1230 g/mol. The van der Waals surface area contributed by atoms with Gasteiger partial charge >= 0.3 is 103 Å². The van der Waals surface area contributed by atoms with E-state index in [-0.39, 0.29) is 574 Å². The smallest absolute Gasteiger partial charge is 1.00 e. The summed E-state index contributed by atoms with van der Waals surface area (Å²) in [5.41, 5.74) is 0. The molecule has 0 fully saturated rings. The van der Waals surface area contributed by atoms with E-state index < -0.39 is 0 Å². The van der Waals surface area contributed by atoms with Gasteiger partial charge in [0.15, 0.2) is 0 Å². The van der Waals surface area contributed by atoms with Gasteiger partial charge in [-0.2, -0.15) is 0 Å². The molecule has 0 atom stereocenters. The van der Waals surface area contributed by atoms with Crippen LogP contribution in [0.25, 0.3) is 0 Å². The molecule has 0 aliphatic carbocycles. The van der Waals surface area contributed by atoms with Crippen LogP contribution in [0.4, 0.5) is 0 Å². The Morgan fingerprint density at radius 3 is 0.256 bits per heavy atom. The number of hydrogen-bond donors (Lipinski definition) is 0. The van der Waals surface area contributed by atoms with Crippen molar-refractivity contribution in [2.45, 2.75) is 267 Å². The minimum absolute atomic E-state index is 0. The van der Waals surface area contributed by atoms with E-state index in [1.165, 1.54) is 47.6 Å². The minimum atomic E-state index is 0. The Labute approximate surface area is 646 Å². The predicted octanol–water partition coefficient (Wildman–Crippen LogP) is 51.9. The van der Waals surface area contributed by atoms with E-state index in [0.29, 0.717) is 0 Å². The molecule has 0 rings (SSSR count). The quantitative estimate of drug-likeness (QED) is 0.168. The minimum Gasteiger partial charge on any atom is -1.00 e. The van der Waals surface area contributed by atoms with Gasteiger partial charge in [-0.25, -0.2) is 0 Å². The Bertz CT molecular complexity index is 184. The molecule has 5 radical (unpaired) electrons. The van der Waals surface area contributed by atoms with Crippen molar-refractivity contribution in [3.8, 4) is 0 Å². The second-order valence-corrected chi connectivity index (χ2v) is 0.192. The van der Waals surface area contributed by atoms with Gasteiger partial charge in [-0.1, -0.05) is 267 Å². The molecular weight excluding hydrogens is 797 g/mol. The molecule has 0 aromatic carbocycles. The van der Waals surface area contributed by atoms with E-state index in [1.807, 2.05) is 0 Å². The summed E-state index contributed by atoms with van der Waals surface area (Å²) in [5, 5.41) is 0. The Balaban J connectivity index is -0.00000000000474. The maximum atomic E-state index is 5.72. The van der Waals surface area contributed by atoms with Crippen LogP contribution >= 0.6 is 47.6 Å². The van der Waals surface area contributed by atoms with Crippen molar-refractivity contribution < 1.29 is 307 Å². The molecule has 7 heteroatoms. The average molecular weight is 1230 g/mol. The van der Waals surface area contributed by atoms with Crippen LogP contribution in [-0.2, 0) is 0 Å². The second-order valence-electron chi connectivity index (χ2n) is 0.192. The van der Waals surface area contributed by atoms with E-state index >= 15 is 0 Å². The van der Waals surface area contributed by atoms with E-state index in [0.717, 1.165) is 7.06 Å². The summed E-state index contributed by atoms with van der Waals surface area (Å²) in [4.78, 5) is 0. The maximum Gasteiger partial charge on any atom is 1.00 e. The summed E-state index contributed by atoms with van der Waals surface area (Å²) in [6.45, 7) is 0. The second kappa shape index (κ2) is 2820. The molecule has 0 saturated carbocycles. The zero-order valence-corrected chi connectivity index (χ0v) is 15.0. The zero-order valence-electron chi connectivity index (χ0n) is 8.49. The van der Waals surface area contributed by atoms with Crippen molar-refractivity contribution in [1.82, 2.24) is 0 Å². The fourth-order valence-corrected chi connectivity index (χ4v) is 0. The summed E-state index contributed by atoms with van der Waals surface area (Å²) in [7, 11) is 10.0. The fraction of sp³-hybridized carbons (Fsp3) is 1.00. The predicted molar refractivity (Wildman–Crippen MR) is 591 cm³/mol.